The molecule has 1 saturated carbocycles. The lowest BCUT2D eigenvalue weighted by atomic mass is 10.0. The molecule has 43 heavy (non-hydrogen) atoms. The number of carbonyl (C=O) groups is 1. The van der Waals surface area contributed by atoms with Gasteiger partial charge in [0.2, 0.25) is 5.91 Å². The summed E-state index contributed by atoms with van der Waals surface area (Å²) < 4.78 is 5.81. The number of hydroxylamine groups is 1. The van der Waals surface area contributed by atoms with Crippen molar-refractivity contribution < 1.29 is 14.4 Å². The number of benzene rings is 2. The summed E-state index contributed by atoms with van der Waals surface area (Å²) in [5, 5.41) is 9.11. The summed E-state index contributed by atoms with van der Waals surface area (Å²) >= 11 is 12.4. The molecule has 1 amide bonds. The maximum absolute atomic E-state index is 12.4. The first-order valence-corrected chi connectivity index (χ1v) is 15.3. The van der Waals surface area contributed by atoms with Gasteiger partial charge in [0.15, 0.2) is 5.82 Å². The van der Waals surface area contributed by atoms with Gasteiger partial charge < -0.3 is 20.3 Å². The minimum absolute atomic E-state index is 0.0863. The molecule has 3 fully saturated rings. The molecule has 2 N–H and O–H groups in total. The lowest BCUT2D eigenvalue weighted by molar-refractivity contribution is -0.111. The van der Waals surface area contributed by atoms with Crippen molar-refractivity contribution in [3.8, 4) is 5.75 Å². The van der Waals surface area contributed by atoms with E-state index >= 15 is 0 Å². The molecule has 10 nitrogen and oxygen atoms in total. The van der Waals surface area contributed by atoms with Crippen LogP contribution in [0.3, 0.4) is 0 Å². The number of amides is 1. The lowest BCUT2D eigenvalue weighted by Gasteiger charge is -2.37. The van der Waals surface area contributed by atoms with Crippen molar-refractivity contribution in [3.05, 3.63) is 71.0 Å². The highest BCUT2D eigenvalue weighted by Crippen LogP contribution is 2.40. The fourth-order valence-corrected chi connectivity index (χ4v) is 5.92. The Balaban J connectivity index is 1.24. The number of nitrogens with zero attached hydrogens (tertiary/aromatic N) is 5. The summed E-state index contributed by atoms with van der Waals surface area (Å²) in [6.45, 7) is 9.05. The van der Waals surface area contributed by atoms with Gasteiger partial charge in [-0.05, 0) is 48.6 Å². The smallest absolute Gasteiger partial charge is 0.247 e. The van der Waals surface area contributed by atoms with Gasteiger partial charge in [-0.1, -0.05) is 35.8 Å². The molecule has 3 aliphatic rings. The standard InChI is InChI=1S/C31H35Cl2N7O3/c1-3-31(41)37-24-15-25(28(42-2)16-27(24)39-11-9-38(10-12-39)18-20-4-5-20)36-29-17-30(35-19-34-29)40-26(8-13-43-40)21-6-7-22(32)23(33)14-21/h3,6-7,14-17,19-20,26H,1,4-5,8-13,18H2,2H3,(H,37,41)(H,34,35,36)/t26-/m1/s1. The van der Waals surface area contributed by atoms with E-state index in [-0.39, 0.29) is 11.9 Å². The van der Waals surface area contributed by atoms with Gasteiger partial charge in [0.1, 0.15) is 17.9 Å². The van der Waals surface area contributed by atoms with E-state index in [9.17, 15) is 4.79 Å². The number of hydrogen-bond donors (Lipinski definition) is 2. The number of aromatic nitrogens is 2. The third-order valence-electron chi connectivity index (χ3n) is 8.06. The Morgan fingerprint density at radius 1 is 1.07 bits per heavy atom. The van der Waals surface area contributed by atoms with Crippen molar-refractivity contribution in [2.24, 2.45) is 5.92 Å². The topological polar surface area (TPSA) is 95.1 Å². The summed E-state index contributed by atoms with van der Waals surface area (Å²) in [6, 6.07) is 11.1. The molecule has 0 bridgehead atoms. The minimum atomic E-state index is -0.284. The van der Waals surface area contributed by atoms with E-state index < -0.39 is 0 Å². The number of methoxy groups -OCH3 is 1. The van der Waals surface area contributed by atoms with Crippen LogP contribution in [-0.2, 0) is 9.63 Å². The first kappa shape index (κ1) is 29.5. The van der Waals surface area contributed by atoms with E-state index in [1.807, 2.05) is 30.3 Å². The van der Waals surface area contributed by atoms with Crippen molar-refractivity contribution in [1.29, 1.82) is 0 Å². The van der Waals surface area contributed by atoms with E-state index in [0.29, 0.717) is 45.4 Å². The number of hydrogen-bond acceptors (Lipinski definition) is 9. The molecule has 2 aromatic carbocycles. The number of anilines is 5. The van der Waals surface area contributed by atoms with Crippen LogP contribution >= 0.6 is 23.2 Å². The Hall–Kier alpha value is -3.57. The van der Waals surface area contributed by atoms with Crippen molar-refractivity contribution in [2.45, 2.75) is 25.3 Å². The second-order valence-corrected chi connectivity index (χ2v) is 11.8. The zero-order valence-corrected chi connectivity index (χ0v) is 25.6. The first-order valence-electron chi connectivity index (χ1n) is 14.5. The van der Waals surface area contributed by atoms with Crippen LogP contribution in [0, 0.1) is 5.92 Å². The summed E-state index contributed by atoms with van der Waals surface area (Å²) in [6.07, 6.45) is 6.21. The fraction of sp³-hybridized carbons (Fsp3) is 0.387. The second kappa shape index (κ2) is 13.0. The maximum atomic E-state index is 12.4. The SMILES string of the molecule is C=CC(=O)Nc1cc(Nc2cc(N3OCC[C@@H]3c3ccc(Cl)c(Cl)c3)ncn2)c(OC)cc1N1CCN(CC2CC2)CC1. The fourth-order valence-electron chi connectivity index (χ4n) is 5.61. The molecule has 2 saturated heterocycles. The molecule has 1 atom stereocenters. The molecule has 1 aromatic heterocycles. The predicted molar refractivity (Wildman–Crippen MR) is 171 cm³/mol. The predicted octanol–water partition coefficient (Wildman–Crippen LogP) is 6.08. The second-order valence-electron chi connectivity index (χ2n) is 11.0. The zero-order chi connectivity index (χ0) is 29.9. The van der Waals surface area contributed by atoms with Crippen LogP contribution in [0.5, 0.6) is 5.75 Å². The van der Waals surface area contributed by atoms with Gasteiger partial charge >= 0.3 is 0 Å². The quantitative estimate of drug-likeness (QED) is 0.261. The van der Waals surface area contributed by atoms with E-state index in [4.69, 9.17) is 32.8 Å². The lowest BCUT2D eigenvalue weighted by Crippen LogP contribution is -2.47. The average Bonchev–Trinajstić information content (AvgIpc) is 3.70. The number of rotatable bonds is 10. The molecule has 226 valence electrons. The largest absolute Gasteiger partial charge is 0.494 e. The van der Waals surface area contributed by atoms with Crippen LogP contribution in [-0.4, -0.2) is 67.2 Å². The monoisotopic (exact) mass is 623 g/mol. The van der Waals surface area contributed by atoms with Gasteiger partial charge in [0.25, 0.3) is 0 Å². The zero-order valence-electron chi connectivity index (χ0n) is 24.1. The van der Waals surface area contributed by atoms with Crippen LogP contribution < -0.4 is 25.3 Å². The van der Waals surface area contributed by atoms with Crippen molar-refractivity contribution in [1.82, 2.24) is 14.9 Å². The third-order valence-corrected chi connectivity index (χ3v) is 8.80. The molecule has 0 spiro atoms. The van der Waals surface area contributed by atoms with Crippen LogP contribution in [0.1, 0.15) is 30.9 Å². The maximum Gasteiger partial charge on any atom is 0.247 e. The van der Waals surface area contributed by atoms with Crippen LogP contribution in [0.4, 0.5) is 28.7 Å². The normalized spacial score (nSPS) is 18.9. The molecular formula is C31H35Cl2N7O3. The Morgan fingerprint density at radius 3 is 2.60 bits per heavy atom. The molecule has 2 aliphatic heterocycles. The minimum Gasteiger partial charge on any atom is -0.494 e. The van der Waals surface area contributed by atoms with Crippen LogP contribution in [0.15, 0.2) is 55.4 Å². The molecule has 3 aromatic rings. The molecule has 6 rings (SSSR count). The Morgan fingerprint density at radius 2 is 1.88 bits per heavy atom. The molecule has 0 radical (unpaired) electrons. The van der Waals surface area contributed by atoms with Crippen LogP contribution in [0.25, 0.3) is 0 Å². The van der Waals surface area contributed by atoms with Crippen LogP contribution in [0.2, 0.25) is 10.0 Å². The Bertz CT molecular complexity index is 1490. The van der Waals surface area contributed by atoms with E-state index in [0.717, 1.165) is 49.8 Å². The number of ether oxygens (including phenoxy) is 1. The van der Waals surface area contributed by atoms with Crippen molar-refractivity contribution >= 4 is 57.8 Å². The van der Waals surface area contributed by atoms with Gasteiger partial charge in [-0.3, -0.25) is 14.5 Å². The molecule has 12 heteroatoms. The van der Waals surface area contributed by atoms with Gasteiger partial charge in [0, 0.05) is 51.3 Å². The Labute approximate surface area is 261 Å². The highest BCUT2D eigenvalue weighted by molar-refractivity contribution is 6.42. The van der Waals surface area contributed by atoms with E-state index in [1.54, 1.807) is 18.2 Å². The third kappa shape index (κ3) is 6.83. The van der Waals surface area contributed by atoms with Gasteiger partial charge in [-0.25, -0.2) is 15.0 Å². The van der Waals surface area contributed by atoms with Gasteiger partial charge in [-0.2, -0.15) is 0 Å². The number of carbonyl (C=O) groups excluding carboxylic acids is 1. The molecule has 3 heterocycles. The summed E-state index contributed by atoms with van der Waals surface area (Å²) in [5.41, 5.74) is 3.20. The molecule has 1 aliphatic carbocycles. The summed E-state index contributed by atoms with van der Waals surface area (Å²) in [4.78, 5) is 32.1. The van der Waals surface area contributed by atoms with Gasteiger partial charge in [0.05, 0.1) is 46.9 Å². The van der Waals surface area contributed by atoms with Gasteiger partial charge in [-0.15, -0.1) is 0 Å². The highest BCUT2D eigenvalue weighted by atomic mass is 35.5. The highest BCUT2D eigenvalue weighted by Gasteiger charge is 2.30. The van der Waals surface area contributed by atoms with E-state index in [1.165, 1.54) is 31.8 Å². The summed E-state index contributed by atoms with van der Waals surface area (Å²) in [7, 11) is 1.63. The number of piperazine rings is 1. The first-order chi connectivity index (χ1) is 20.9. The van der Waals surface area contributed by atoms with Crippen molar-refractivity contribution in [2.75, 3.05) is 67.0 Å². The van der Waals surface area contributed by atoms with E-state index in [2.05, 4.69) is 37.0 Å². The van der Waals surface area contributed by atoms with Crippen molar-refractivity contribution in [3.63, 3.8) is 0 Å². The number of nitrogens with one attached hydrogen (secondary N) is 2. The number of halogens is 2. The Kier molecular flexibility index (Phi) is 8.90. The summed E-state index contributed by atoms with van der Waals surface area (Å²) in [5.74, 6) is 2.33. The molecular weight excluding hydrogens is 589 g/mol. The molecule has 0 unspecified atom stereocenters. The average molecular weight is 625 g/mol.